The number of carbonyl (C=O) groups is 1. The fourth-order valence-electron chi connectivity index (χ4n) is 2.56. The lowest BCUT2D eigenvalue weighted by atomic mass is 9.97. The summed E-state index contributed by atoms with van der Waals surface area (Å²) in [6.45, 7) is 4.43. The monoisotopic (exact) mass is 351 g/mol. The highest BCUT2D eigenvalue weighted by molar-refractivity contribution is 6.01. The number of aliphatic hydroxyl groups excluding tert-OH is 2. The van der Waals surface area contributed by atoms with Gasteiger partial charge in [-0.15, -0.1) is 0 Å². The third-order valence-electron chi connectivity index (χ3n) is 4.06. The Bertz CT molecular complexity index is 581. The molecule has 7 heteroatoms. The Kier molecular flexibility index (Phi) is 8.00. The molecule has 1 aromatic carbocycles. The highest BCUT2D eigenvalue weighted by atomic mass is 16.5. The molecule has 0 saturated heterocycles. The van der Waals surface area contributed by atoms with Crippen LogP contribution < -0.4 is 4.74 Å². The van der Waals surface area contributed by atoms with E-state index in [2.05, 4.69) is 6.07 Å². The number of quaternary nitrogens is 1. The lowest BCUT2D eigenvalue weighted by Gasteiger charge is -2.35. The minimum Gasteiger partial charge on any atom is -0.488 e. The van der Waals surface area contributed by atoms with E-state index in [0.717, 1.165) is 0 Å². The molecule has 0 radical (unpaired) electrons. The van der Waals surface area contributed by atoms with Crippen molar-refractivity contribution in [1.29, 1.82) is 5.26 Å². The lowest BCUT2D eigenvalue weighted by molar-refractivity contribution is -0.922. The van der Waals surface area contributed by atoms with Crippen LogP contribution in [0.25, 0.3) is 0 Å². The lowest BCUT2D eigenvalue weighted by Crippen LogP contribution is -2.54. The van der Waals surface area contributed by atoms with Gasteiger partial charge in [0.15, 0.2) is 12.3 Å². The molecule has 138 valence electrons. The van der Waals surface area contributed by atoms with Gasteiger partial charge in [-0.3, -0.25) is 4.79 Å². The minimum absolute atomic E-state index is 0.0740. The van der Waals surface area contributed by atoms with Gasteiger partial charge in [-0.1, -0.05) is 0 Å². The highest BCUT2D eigenvalue weighted by Gasteiger charge is 2.27. The van der Waals surface area contributed by atoms with Crippen molar-refractivity contribution in [1.82, 2.24) is 0 Å². The summed E-state index contributed by atoms with van der Waals surface area (Å²) in [5.74, 6) is 0.199. The fourth-order valence-corrected chi connectivity index (χ4v) is 2.56. The second-order valence-corrected chi connectivity index (χ2v) is 6.54. The van der Waals surface area contributed by atoms with Crippen LogP contribution in [0.15, 0.2) is 24.3 Å². The van der Waals surface area contributed by atoms with Gasteiger partial charge in [0.05, 0.1) is 13.2 Å². The van der Waals surface area contributed by atoms with E-state index in [4.69, 9.17) is 10.00 Å². The number of ether oxygens (including phenoxy) is 1. The van der Waals surface area contributed by atoms with Crippen molar-refractivity contribution < 1.29 is 29.3 Å². The second kappa shape index (κ2) is 9.49. The van der Waals surface area contributed by atoms with E-state index >= 15 is 0 Å². The molecule has 0 amide bonds. The number of hydrogen-bond donors (Lipinski definition) is 3. The van der Waals surface area contributed by atoms with Gasteiger partial charge < -0.3 is 24.5 Å². The van der Waals surface area contributed by atoms with Crippen molar-refractivity contribution in [3.8, 4) is 11.8 Å². The third-order valence-corrected chi connectivity index (χ3v) is 4.06. The molecule has 7 nitrogen and oxygen atoms in total. The zero-order chi connectivity index (χ0) is 18.9. The van der Waals surface area contributed by atoms with Crippen LogP contribution in [0.5, 0.6) is 5.75 Å². The van der Waals surface area contributed by atoms with Crippen LogP contribution in [-0.4, -0.2) is 77.2 Å². The Labute approximate surface area is 148 Å². The number of hydrogen-bond acceptors (Lipinski definition) is 6. The summed E-state index contributed by atoms with van der Waals surface area (Å²) >= 11 is 0. The van der Waals surface area contributed by atoms with Crippen LogP contribution in [0.1, 0.15) is 24.2 Å². The zero-order valence-electron chi connectivity index (χ0n) is 14.8. The number of Topliss-reactive ketones (excluding diaryl/α,β-unsaturated/α-hetero) is 1. The minimum atomic E-state index is -1.43. The first-order valence-electron chi connectivity index (χ1n) is 8.22. The molecule has 0 aromatic heterocycles. The summed E-state index contributed by atoms with van der Waals surface area (Å²) in [6, 6.07) is 8.58. The van der Waals surface area contributed by atoms with Crippen LogP contribution in [0.3, 0.4) is 0 Å². The van der Waals surface area contributed by atoms with Crippen LogP contribution in [0, 0.1) is 11.3 Å². The molecule has 3 N–H and O–H groups in total. The maximum absolute atomic E-state index is 12.0. The largest absolute Gasteiger partial charge is 0.488 e. The topological polar surface area (TPSA) is 111 Å². The maximum atomic E-state index is 12.0. The summed E-state index contributed by atoms with van der Waals surface area (Å²) in [5.41, 5.74) is -1.03. The molecule has 0 aliphatic heterocycles. The van der Waals surface area contributed by atoms with Gasteiger partial charge >= 0.3 is 0 Å². The third kappa shape index (κ3) is 6.44. The highest BCUT2D eigenvalue weighted by Crippen LogP contribution is 2.17. The molecular formula is C18H27N2O5+. The molecule has 0 saturated carbocycles. The summed E-state index contributed by atoms with van der Waals surface area (Å²) in [6.07, 6.45) is 0. The van der Waals surface area contributed by atoms with Crippen LogP contribution in [-0.2, 0) is 0 Å². The molecule has 25 heavy (non-hydrogen) atoms. The van der Waals surface area contributed by atoms with Crippen LogP contribution >= 0.6 is 0 Å². The van der Waals surface area contributed by atoms with Crippen molar-refractivity contribution in [3.63, 3.8) is 0 Å². The number of nitriles is 1. The number of benzene rings is 1. The predicted octanol–water partition coefficient (Wildman–Crippen LogP) is 0.344. The fraction of sp³-hybridized carbons (Fsp3) is 0.556. The normalized spacial score (nSPS) is 11.8. The number of ketones is 1. The summed E-state index contributed by atoms with van der Waals surface area (Å²) in [5, 5.41) is 37.2. The first kappa shape index (κ1) is 21.1. The van der Waals surface area contributed by atoms with Gasteiger partial charge in [0.25, 0.3) is 0 Å². The van der Waals surface area contributed by atoms with Crippen molar-refractivity contribution in [2.75, 3.05) is 46.0 Å². The van der Waals surface area contributed by atoms with E-state index in [1.165, 1.54) is 13.8 Å². The van der Waals surface area contributed by atoms with Gasteiger partial charge in [0.2, 0.25) is 0 Å². The average molecular weight is 351 g/mol. The smallest absolute Gasteiger partial charge is 0.193 e. The van der Waals surface area contributed by atoms with Crippen LogP contribution in [0.4, 0.5) is 0 Å². The number of aliphatic hydroxyl groups is 3. The molecule has 0 atom stereocenters. The van der Waals surface area contributed by atoms with Gasteiger partial charge in [0.1, 0.15) is 43.7 Å². The quantitative estimate of drug-likeness (QED) is 0.301. The van der Waals surface area contributed by atoms with Gasteiger partial charge in [-0.2, -0.15) is 5.26 Å². The molecular weight excluding hydrogens is 324 g/mol. The van der Waals surface area contributed by atoms with Crippen molar-refractivity contribution >= 4 is 5.78 Å². The van der Waals surface area contributed by atoms with Crippen molar-refractivity contribution in [3.05, 3.63) is 29.8 Å². The zero-order valence-corrected chi connectivity index (χ0v) is 14.8. The molecule has 0 spiro atoms. The van der Waals surface area contributed by atoms with Gasteiger partial charge in [-0.05, 0) is 38.1 Å². The molecule has 0 heterocycles. The van der Waals surface area contributed by atoms with E-state index in [1.54, 1.807) is 24.3 Å². The maximum Gasteiger partial charge on any atom is 0.193 e. The molecule has 0 fully saturated rings. The van der Waals surface area contributed by atoms with Crippen LogP contribution in [0.2, 0.25) is 0 Å². The Morgan fingerprint density at radius 3 is 2.16 bits per heavy atom. The molecule has 0 unspecified atom stereocenters. The Balaban J connectivity index is 2.68. The van der Waals surface area contributed by atoms with Crippen molar-refractivity contribution in [2.45, 2.75) is 19.4 Å². The predicted molar refractivity (Wildman–Crippen MR) is 92.1 cm³/mol. The summed E-state index contributed by atoms with van der Waals surface area (Å²) in [7, 11) is 0. The van der Waals surface area contributed by atoms with E-state index in [-0.39, 0.29) is 30.0 Å². The molecule has 0 aliphatic carbocycles. The summed E-state index contributed by atoms with van der Waals surface area (Å²) in [4.78, 5) is 12.0. The van der Waals surface area contributed by atoms with Gasteiger partial charge in [-0.25, -0.2) is 0 Å². The van der Waals surface area contributed by atoms with Gasteiger partial charge in [0, 0.05) is 5.56 Å². The number of rotatable bonds is 11. The summed E-state index contributed by atoms with van der Waals surface area (Å²) < 4.78 is 5.92. The second-order valence-electron chi connectivity index (χ2n) is 6.54. The first-order valence-corrected chi connectivity index (χ1v) is 8.22. The van der Waals surface area contributed by atoms with E-state index in [9.17, 15) is 20.1 Å². The van der Waals surface area contributed by atoms with E-state index in [1.807, 2.05) is 0 Å². The SMILES string of the molecule is CC(C)(O)C(=O)c1ccc(OCC[N+](CC#N)(CCO)CCO)cc1. The number of carbonyl (C=O) groups excluding carboxylic acids is 1. The molecule has 1 aromatic rings. The first-order chi connectivity index (χ1) is 11.8. The van der Waals surface area contributed by atoms with E-state index in [0.29, 0.717) is 37.6 Å². The van der Waals surface area contributed by atoms with Crippen molar-refractivity contribution in [2.24, 2.45) is 0 Å². The standard InChI is InChI=1S/C18H27N2O5/c1-18(2,24)17(23)15-3-5-16(6-4-15)25-14-11-20(8-7-19,9-12-21)10-13-22/h3-6,21-22,24H,8-14H2,1-2H3/q+1. The molecule has 0 bridgehead atoms. The molecule has 0 aliphatic rings. The van der Waals surface area contributed by atoms with E-state index < -0.39 is 5.60 Å². The Hall–Kier alpha value is -1.98. The molecule has 1 rings (SSSR count). The Morgan fingerprint density at radius 1 is 1.16 bits per heavy atom. The Morgan fingerprint density at radius 2 is 1.72 bits per heavy atom. The average Bonchev–Trinajstić information content (AvgIpc) is 2.55. The number of nitrogens with zero attached hydrogens (tertiary/aromatic N) is 2.